The number of primary amides is 1. The molecule has 0 spiro atoms. The van der Waals surface area contributed by atoms with E-state index in [9.17, 15) is 4.79 Å². The highest BCUT2D eigenvalue weighted by Gasteiger charge is 2.16. The van der Waals surface area contributed by atoms with E-state index < -0.39 is 0 Å². The second kappa shape index (κ2) is 5.19. The van der Waals surface area contributed by atoms with Crippen molar-refractivity contribution in [3.8, 4) is 0 Å². The van der Waals surface area contributed by atoms with Crippen LogP contribution in [0.4, 0.5) is 0 Å². The van der Waals surface area contributed by atoms with Crippen LogP contribution in [-0.4, -0.2) is 31.1 Å². The van der Waals surface area contributed by atoms with Crippen LogP contribution >= 0.6 is 0 Å². The topological polar surface area (TPSA) is 67.2 Å². The molecule has 1 aliphatic rings. The van der Waals surface area contributed by atoms with Crippen LogP contribution in [0.5, 0.6) is 0 Å². The molecule has 0 aromatic carbocycles. The summed E-state index contributed by atoms with van der Waals surface area (Å²) in [5, 5.41) is 6.51. The number of hydrogen-bond donors (Lipinski definition) is 3. The number of carbonyl (C=O) groups is 1. The minimum absolute atomic E-state index is 0.286. The molecule has 1 amide bonds. The summed E-state index contributed by atoms with van der Waals surface area (Å²) in [6, 6.07) is 0.985. The first kappa shape index (κ1) is 10.5. The molecule has 2 atom stereocenters. The SMILES string of the molecule is CC(CC1CCCN1)NCC(N)=O. The fourth-order valence-electron chi connectivity index (χ4n) is 1.74. The summed E-state index contributed by atoms with van der Waals surface area (Å²) in [5.41, 5.74) is 5.03. The van der Waals surface area contributed by atoms with Crippen LogP contribution in [0.25, 0.3) is 0 Å². The Hall–Kier alpha value is -0.610. The van der Waals surface area contributed by atoms with Crippen molar-refractivity contribution in [3.05, 3.63) is 0 Å². The van der Waals surface area contributed by atoms with Gasteiger partial charge in [-0.05, 0) is 32.7 Å². The Morgan fingerprint density at radius 2 is 2.54 bits per heavy atom. The first-order chi connectivity index (χ1) is 6.18. The van der Waals surface area contributed by atoms with Gasteiger partial charge in [0.15, 0.2) is 0 Å². The molecule has 4 heteroatoms. The quantitative estimate of drug-likeness (QED) is 0.545. The van der Waals surface area contributed by atoms with Gasteiger partial charge in [-0.1, -0.05) is 0 Å². The van der Waals surface area contributed by atoms with Crippen molar-refractivity contribution >= 4 is 5.91 Å². The van der Waals surface area contributed by atoms with Gasteiger partial charge in [0.05, 0.1) is 6.54 Å². The maximum Gasteiger partial charge on any atom is 0.231 e. The van der Waals surface area contributed by atoms with Crippen molar-refractivity contribution < 1.29 is 4.79 Å². The Morgan fingerprint density at radius 1 is 1.77 bits per heavy atom. The first-order valence-electron chi connectivity index (χ1n) is 4.93. The summed E-state index contributed by atoms with van der Waals surface area (Å²) < 4.78 is 0. The smallest absolute Gasteiger partial charge is 0.231 e. The van der Waals surface area contributed by atoms with Crippen LogP contribution in [0.2, 0.25) is 0 Å². The van der Waals surface area contributed by atoms with E-state index in [-0.39, 0.29) is 12.5 Å². The van der Waals surface area contributed by atoms with Crippen molar-refractivity contribution in [3.63, 3.8) is 0 Å². The van der Waals surface area contributed by atoms with Gasteiger partial charge in [-0.2, -0.15) is 0 Å². The van der Waals surface area contributed by atoms with E-state index in [1.807, 2.05) is 0 Å². The summed E-state index contributed by atoms with van der Waals surface area (Å²) in [5.74, 6) is -0.286. The molecule has 1 aliphatic heterocycles. The average Bonchev–Trinajstić information content (AvgIpc) is 2.53. The molecule has 13 heavy (non-hydrogen) atoms. The highest BCUT2D eigenvalue weighted by molar-refractivity contribution is 5.75. The molecule has 0 saturated carbocycles. The van der Waals surface area contributed by atoms with Gasteiger partial charge in [0.1, 0.15) is 0 Å². The molecule has 76 valence electrons. The average molecular weight is 185 g/mol. The molecule has 4 N–H and O–H groups in total. The van der Waals surface area contributed by atoms with Gasteiger partial charge in [0.2, 0.25) is 5.91 Å². The third kappa shape index (κ3) is 4.24. The third-order valence-electron chi connectivity index (χ3n) is 2.43. The monoisotopic (exact) mass is 185 g/mol. The highest BCUT2D eigenvalue weighted by Crippen LogP contribution is 2.10. The highest BCUT2D eigenvalue weighted by atomic mass is 16.1. The summed E-state index contributed by atoms with van der Waals surface area (Å²) >= 11 is 0. The predicted octanol–water partition coefficient (Wildman–Crippen LogP) is -0.408. The van der Waals surface area contributed by atoms with Crippen molar-refractivity contribution in [2.45, 2.75) is 38.3 Å². The van der Waals surface area contributed by atoms with E-state index in [2.05, 4.69) is 17.6 Å². The van der Waals surface area contributed by atoms with Crippen LogP contribution in [0.3, 0.4) is 0 Å². The predicted molar refractivity (Wildman–Crippen MR) is 52.3 cm³/mol. The second-order valence-corrected chi connectivity index (χ2v) is 3.78. The molecular weight excluding hydrogens is 166 g/mol. The van der Waals surface area contributed by atoms with Gasteiger partial charge in [0, 0.05) is 12.1 Å². The normalized spacial score (nSPS) is 24.5. The lowest BCUT2D eigenvalue weighted by Gasteiger charge is -2.17. The van der Waals surface area contributed by atoms with Crippen LogP contribution < -0.4 is 16.4 Å². The minimum Gasteiger partial charge on any atom is -0.369 e. The van der Waals surface area contributed by atoms with E-state index in [1.54, 1.807) is 0 Å². The third-order valence-corrected chi connectivity index (χ3v) is 2.43. The van der Waals surface area contributed by atoms with Crippen LogP contribution in [-0.2, 0) is 4.79 Å². The zero-order chi connectivity index (χ0) is 9.68. The molecule has 0 aromatic rings. The molecule has 0 bridgehead atoms. The Kier molecular flexibility index (Phi) is 4.18. The largest absolute Gasteiger partial charge is 0.369 e. The molecule has 0 aliphatic carbocycles. The number of nitrogens with one attached hydrogen (secondary N) is 2. The zero-order valence-corrected chi connectivity index (χ0v) is 8.18. The Labute approximate surface area is 79.3 Å². The van der Waals surface area contributed by atoms with Gasteiger partial charge in [0.25, 0.3) is 0 Å². The standard InChI is InChI=1S/C9H19N3O/c1-7(12-6-9(10)13)5-8-3-2-4-11-8/h7-8,11-12H,2-6H2,1H3,(H2,10,13). The van der Waals surface area contributed by atoms with E-state index in [0.717, 1.165) is 13.0 Å². The van der Waals surface area contributed by atoms with Gasteiger partial charge >= 0.3 is 0 Å². The van der Waals surface area contributed by atoms with Gasteiger partial charge in [-0.25, -0.2) is 0 Å². The molecule has 2 unspecified atom stereocenters. The summed E-state index contributed by atoms with van der Waals surface area (Å²) in [6.45, 7) is 3.50. The lowest BCUT2D eigenvalue weighted by Crippen LogP contribution is -2.38. The Bertz CT molecular complexity index is 166. The zero-order valence-electron chi connectivity index (χ0n) is 8.18. The second-order valence-electron chi connectivity index (χ2n) is 3.78. The summed E-state index contributed by atoms with van der Waals surface area (Å²) in [7, 11) is 0. The molecule has 1 saturated heterocycles. The van der Waals surface area contributed by atoms with Crippen LogP contribution in [0.15, 0.2) is 0 Å². The van der Waals surface area contributed by atoms with Gasteiger partial charge < -0.3 is 16.4 Å². The van der Waals surface area contributed by atoms with E-state index in [4.69, 9.17) is 5.73 Å². The molecule has 0 radical (unpaired) electrons. The Balaban J connectivity index is 2.09. The molecule has 1 fully saturated rings. The summed E-state index contributed by atoms with van der Waals surface area (Å²) in [6.07, 6.45) is 3.60. The van der Waals surface area contributed by atoms with Crippen molar-refractivity contribution in [1.82, 2.24) is 10.6 Å². The lowest BCUT2D eigenvalue weighted by molar-refractivity contribution is -0.117. The van der Waals surface area contributed by atoms with Gasteiger partial charge in [-0.15, -0.1) is 0 Å². The minimum atomic E-state index is -0.286. The molecule has 1 rings (SSSR count). The lowest BCUT2D eigenvalue weighted by atomic mass is 10.1. The number of hydrogen-bond acceptors (Lipinski definition) is 3. The maximum atomic E-state index is 10.5. The van der Waals surface area contributed by atoms with Crippen LogP contribution in [0, 0.1) is 0 Å². The van der Waals surface area contributed by atoms with Crippen molar-refractivity contribution in [2.75, 3.05) is 13.1 Å². The Morgan fingerprint density at radius 3 is 3.08 bits per heavy atom. The number of nitrogens with two attached hydrogens (primary N) is 1. The van der Waals surface area contributed by atoms with Crippen LogP contribution in [0.1, 0.15) is 26.2 Å². The first-order valence-corrected chi connectivity index (χ1v) is 4.93. The van der Waals surface area contributed by atoms with Gasteiger partial charge in [-0.3, -0.25) is 4.79 Å². The maximum absolute atomic E-state index is 10.5. The van der Waals surface area contributed by atoms with E-state index in [1.165, 1.54) is 12.8 Å². The molecule has 1 heterocycles. The number of carbonyl (C=O) groups excluding carboxylic acids is 1. The van der Waals surface area contributed by atoms with E-state index >= 15 is 0 Å². The molecule has 0 aromatic heterocycles. The van der Waals surface area contributed by atoms with Crippen molar-refractivity contribution in [1.29, 1.82) is 0 Å². The summed E-state index contributed by atoms with van der Waals surface area (Å²) in [4.78, 5) is 10.5. The molecule has 4 nitrogen and oxygen atoms in total. The fraction of sp³-hybridized carbons (Fsp3) is 0.889. The van der Waals surface area contributed by atoms with E-state index in [0.29, 0.717) is 12.1 Å². The van der Waals surface area contributed by atoms with Crippen molar-refractivity contribution in [2.24, 2.45) is 5.73 Å². The fourth-order valence-corrected chi connectivity index (χ4v) is 1.74. The number of amides is 1. The molecular formula is C9H19N3O. The number of rotatable bonds is 5.